The number of nitrogens with one attached hydrogen (secondary N) is 2. The number of carbonyl (C=O) groups excluding carboxylic acids is 1. The van der Waals surface area contributed by atoms with Gasteiger partial charge in [-0.2, -0.15) is 0 Å². The molecule has 132 valence electrons. The molecule has 0 aromatic heterocycles. The first kappa shape index (κ1) is 17.4. The number of ether oxygens (including phenoxy) is 1. The molecule has 2 aliphatic rings. The molecule has 1 aliphatic heterocycles. The quantitative estimate of drug-likeness (QED) is 0.774. The van der Waals surface area contributed by atoms with Crippen LogP contribution in [0.25, 0.3) is 0 Å². The predicted octanol–water partition coefficient (Wildman–Crippen LogP) is 2.44. The molecule has 5 nitrogen and oxygen atoms in total. The van der Waals surface area contributed by atoms with E-state index in [-0.39, 0.29) is 11.9 Å². The van der Waals surface area contributed by atoms with Gasteiger partial charge in [0.05, 0.1) is 24.9 Å². The summed E-state index contributed by atoms with van der Waals surface area (Å²) in [6.07, 6.45) is 5.25. The highest BCUT2D eigenvalue weighted by atomic mass is 16.5. The highest BCUT2D eigenvalue weighted by Crippen LogP contribution is 2.26. The Bertz CT molecular complexity index is 563. The van der Waals surface area contributed by atoms with Crippen LogP contribution in [0.2, 0.25) is 0 Å². The van der Waals surface area contributed by atoms with Crippen molar-refractivity contribution >= 4 is 11.6 Å². The molecule has 1 saturated heterocycles. The third kappa shape index (κ3) is 4.79. The molecular weight excluding hydrogens is 304 g/mol. The molecule has 1 aromatic rings. The van der Waals surface area contributed by atoms with Gasteiger partial charge in [0.15, 0.2) is 0 Å². The van der Waals surface area contributed by atoms with Gasteiger partial charge in [-0.3, -0.25) is 4.79 Å². The lowest BCUT2D eigenvalue weighted by atomic mass is 9.89. The van der Waals surface area contributed by atoms with E-state index >= 15 is 0 Å². The van der Waals surface area contributed by atoms with Crippen LogP contribution in [-0.4, -0.2) is 35.8 Å². The zero-order valence-electron chi connectivity index (χ0n) is 14.3. The molecule has 0 bridgehead atoms. The second-order valence-electron chi connectivity index (χ2n) is 7.24. The summed E-state index contributed by atoms with van der Waals surface area (Å²) >= 11 is 0. The molecule has 1 aliphatic carbocycles. The third-order valence-electron chi connectivity index (χ3n) is 4.99. The summed E-state index contributed by atoms with van der Waals surface area (Å²) in [6.45, 7) is 3.35. The normalized spacial score (nSPS) is 30.2. The van der Waals surface area contributed by atoms with Gasteiger partial charge in [-0.25, -0.2) is 0 Å². The number of hydrogen-bond acceptors (Lipinski definition) is 4. The van der Waals surface area contributed by atoms with E-state index in [0.717, 1.165) is 30.0 Å². The fourth-order valence-corrected chi connectivity index (χ4v) is 3.63. The lowest BCUT2D eigenvalue weighted by molar-refractivity contribution is -0.117. The van der Waals surface area contributed by atoms with Crippen molar-refractivity contribution in [1.29, 1.82) is 0 Å². The van der Waals surface area contributed by atoms with E-state index in [0.29, 0.717) is 25.7 Å². The Morgan fingerprint density at radius 3 is 3.00 bits per heavy atom. The molecule has 1 heterocycles. The lowest BCUT2D eigenvalue weighted by Crippen LogP contribution is -2.35. The summed E-state index contributed by atoms with van der Waals surface area (Å²) < 4.78 is 6.06. The van der Waals surface area contributed by atoms with Crippen molar-refractivity contribution in [1.82, 2.24) is 5.32 Å². The van der Waals surface area contributed by atoms with Crippen molar-refractivity contribution in [3.8, 4) is 0 Å². The van der Waals surface area contributed by atoms with Crippen molar-refractivity contribution in [2.75, 3.05) is 11.9 Å². The molecular formula is C19H28N2O3. The van der Waals surface area contributed by atoms with Crippen LogP contribution in [-0.2, 0) is 16.1 Å². The van der Waals surface area contributed by atoms with E-state index in [1.54, 1.807) is 0 Å². The van der Waals surface area contributed by atoms with Gasteiger partial charge in [0.2, 0.25) is 5.91 Å². The number of anilines is 1. The Balaban J connectivity index is 1.51. The minimum Gasteiger partial charge on any atom is -0.392 e. The summed E-state index contributed by atoms with van der Waals surface area (Å²) in [5.41, 5.74) is 1.85. The Labute approximate surface area is 143 Å². The summed E-state index contributed by atoms with van der Waals surface area (Å²) in [5, 5.41) is 15.5. The third-order valence-corrected chi connectivity index (χ3v) is 4.99. The van der Waals surface area contributed by atoms with E-state index in [9.17, 15) is 9.90 Å². The van der Waals surface area contributed by atoms with Gasteiger partial charge in [-0.1, -0.05) is 31.9 Å². The van der Waals surface area contributed by atoms with Crippen molar-refractivity contribution < 1.29 is 14.6 Å². The molecule has 0 radical (unpaired) electrons. The maximum absolute atomic E-state index is 12.2. The van der Waals surface area contributed by atoms with Gasteiger partial charge in [-0.05, 0) is 42.9 Å². The molecule has 2 fully saturated rings. The number of hydrogen-bond donors (Lipinski definition) is 3. The van der Waals surface area contributed by atoms with Crippen LogP contribution in [0.15, 0.2) is 24.3 Å². The first-order valence-electron chi connectivity index (χ1n) is 9.03. The van der Waals surface area contributed by atoms with E-state index in [1.807, 2.05) is 24.3 Å². The monoisotopic (exact) mass is 332 g/mol. The van der Waals surface area contributed by atoms with Crippen molar-refractivity contribution in [3.63, 3.8) is 0 Å². The second-order valence-corrected chi connectivity index (χ2v) is 7.24. The Hall–Kier alpha value is -1.43. The fraction of sp³-hybridized carbons (Fsp3) is 0.632. The van der Waals surface area contributed by atoms with Crippen molar-refractivity contribution in [2.24, 2.45) is 5.92 Å². The van der Waals surface area contributed by atoms with Crippen LogP contribution >= 0.6 is 0 Å². The van der Waals surface area contributed by atoms with E-state index in [2.05, 4.69) is 17.6 Å². The number of β-amino-alcohol motifs (C(OH)–C–C–N with tert-alkyl or cyclic N) is 1. The minimum atomic E-state index is -0.432. The molecule has 1 aromatic carbocycles. The van der Waals surface area contributed by atoms with E-state index < -0.39 is 6.10 Å². The highest BCUT2D eigenvalue weighted by Gasteiger charge is 2.28. The van der Waals surface area contributed by atoms with Gasteiger partial charge < -0.3 is 20.5 Å². The van der Waals surface area contributed by atoms with E-state index in [1.165, 1.54) is 12.8 Å². The van der Waals surface area contributed by atoms with Gasteiger partial charge >= 0.3 is 0 Å². The van der Waals surface area contributed by atoms with Crippen molar-refractivity contribution in [3.05, 3.63) is 29.8 Å². The number of amides is 1. The van der Waals surface area contributed by atoms with Gasteiger partial charge in [0.25, 0.3) is 0 Å². The number of benzene rings is 1. The summed E-state index contributed by atoms with van der Waals surface area (Å²) in [7, 11) is 0. The highest BCUT2D eigenvalue weighted by molar-refractivity contribution is 5.95. The van der Waals surface area contributed by atoms with Gasteiger partial charge in [0.1, 0.15) is 0 Å². The average molecular weight is 332 g/mol. The van der Waals surface area contributed by atoms with Crippen LogP contribution in [0.3, 0.4) is 0 Å². The maximum Gasteiger partial charge on any atom is 0.241 e. The zero-order chi connectivity index (χ0) is 16.9. The first-order valence-corrected chi connectivity index (χ1v) is 9.03. The number of rotatable bonds is 5. The Kier molecular flexibility index (Phi) is 5.87. The van der Waals surface area contributed by atoms with Crippen LogP contribution < -0.4 is 10.6 Å². The molecule has 4 atom stereocenters. The van der Waals surface area contributed by atoms with Crippen molar-refractivity contribution in [2.45, 2.75) is 63.9 Å². The average Bonchev–Trinajstić information content (AvgIpc) is 3.00. The Morgan fingerprint density at radius 2 is 2.25 bits per heavy atom. The number of carbonyl (C=O) groups is 1. The summed E-state index contributed by atoms with van der Waals surface area (Å²) in [4.78, 5) is 12.2. The molecule has 1 saturated carbocycles. The Morgan fingerprint density at radius 1 is 1.38 bits per heavy atom. The number of aliphatic hydroxyl groups is 1. The minimum absolute atomic E-state index is 0.0919. The van der Waals surface area contributed by atoms with Crippen LogP contribution in [0.4, 0.5) is 5.69 Å². The number of aliphatic hydroxyl groups excluding tert-OH is 1. The fourth-order valence-electron chi connectivity index (χ4n) is 3.63. The zero-order valence-corrected chi connectivity index (χ0v) is 14.3. The predicted molar refractivity (Wildman–Crippen MR) is 93.7 cm³/mol. The van der Waals surface area contributed by atoms with Crippen LogP contribution in [0.1, 0.15) is 44.6 Å². The smallest absolute Gasteiger partial charge is 0.241 e. The largest absolute Gasteiger partial charge is 0.392 e. The molecule has 1 amide bonds. The molecule has 24 heavy (non-hydrogen) atoms. The second kappa shape index (κ2) is 8.10. The molecule has 3 N–H and O–H groups in total. The van der Waals surface area contributed by atoms with Crippen LogP contribution in [0, 0.1) is 5.92 Å². The standard InChI is InChI=1S/C19H28N2O3/c1-13-4-2-7-17(8-13)24-12-14-5-3-6-15(9-14)21-19(23)18-10-16(22)11-20-18/h3,5-6,9,13,16-18,20,22H,2,4,7-8,10-12H2,1H3,(H,21,23). The SMILES string of the molecule is CC1CCCC(OCc2cccc(NC(=O)C3CC(O)CN3)c2)C1. The maximum atomic E-state index is 12.2. The van der Waals surface area contributed by atoms with Gasteiger partial charge in [-0.15, -0.1) is 0 Å². The molecule has 3 rings (SSSR count). The molecule has 5 heteroatoms. The van der Waals surface area contributed by atoms with Crippen LogP contribution in [0.5, 0.6) is 0 Å². The molecule has 4 unspecified atom stereocenters. The first-order chi connectivity index (χ1) is 11.6. The van der Waals surface area contributed by atoms with Gasteiger partial charge in [0, 0.05) is 12.2 Å². The van der Waals surface area contributed by atoms with E-state index in [4.69, 9.17) is 4.74 Å². The molecule has 0 spiro atoms. The lowest BCUT2D eigenvalue weighted by Gasteiger charge is -2.26. The topological polar surface area (TPSA) is 70.6 Å². The summed E-state index contributed by atoms with van der Waals surface area (Å²) in [6, 6.07) is 7.50. The summed E-state index contributed by atoms with van der Waals surface area (Å²) in [5.74, 6) is 0.661.